The molecule has 1 unspecified atom stereocenters. The van der Waals surface area contributed by atoms with E-state index < -0.39 is 28.3 Å². The van der Waals surface area contributed by atoms with Crippen molar-refractivity contribution in [3.63, 3.8) is 0 Å². The molecule has 7 nitrogen and oxygen atoms in total. The number of nitrogens with one attached hydrogen (secondary N) is 1. The molecule has 4 rings (SSSR count). The molecule has 1 aromatic heterocycles. The number of carbonyl (C=O) groups is 1. The largest absolute Gasteiger partial charge is 0.395 e. The summed E-state index contributed by atoms with van der Waals surface area (Å²) >= 11 is 6.15. The molecule has 0 bridgehead atoms. The average molecular weight is 446 g/mol. The molecule has 2 aromatic carbocycles. The summed E-state index contributed by atoms with van der Waals surface area (Å²) in [7, 11) is -3.70. The highest BCUT2D eigenvalue weighted by atomic mass is 35.5. The number of benzene rings is 2. The van der Waals surface area contributed by atoms with E-state index in [-0.39, 0.29) is 19.0 Å². The summed E-state index contributed by atoms with van der Waals surface area (Å²) in [5.41, 5.74) is 1.96. The molecule has 0 saturated carbocycles. The van der Waals surface area contributed by atoms with Crippen molar-refractivity contribution in [2.45, 2.75) is 12.5 Å². The number of hydrogen-bond acceptors (Lipinski definition) is 5. The second-order valence-corrected chi connectivity index (χ2v) is 9.65. The number of anilines is 1. The highest BCUT2D eigenvalue weighted by molar-refractivity contribution is 7.89. The van der Waals surface area contributed by atoms with Crippen molar-refractivity contribution in [3.05, 3.63) is 71.0 Å². The number of carbonyl (C=O) groups excluding carboxylic acids is 1. The van der Waals surface area contributed by atoms with Gasteiger partial charge in [0.15, 0.2) is 0 Å². The molecular formula is C21H20ClN3O4S. The minimum atomic E-state index is -3.70. The van der Waals surface area contributed by atoms with Crippen molar-refractivity contribution in [2.75, 3.05) is 24.2 Å². The average Bonchev–Trinajstić information content (AvgIpc) is 2.73. The maximum atomic E-state index is 13.3. The monoisotopic (exact) mass is 445 g/mol. The second-order valence-electron chi connectivity index (χ2n) is 7.13. The van der Waals surface area contributed by atoms with Crippen LogP contribution in [0.3, 0.4) is 0 Å². The first-order valence-electron chi connectivity index (χ1n) is 9.39. The first kappa shape index (κ1) is 20.7. The van der Waals surface area contributed by atoms with Gasteiger partial charge in [-0.05, 0) is 23.3 Å². The van der Waals surface area contributed by atoms with Crippen molar-refractivity contribution >= 4 is 44.0 Å². The van der Waals surface area contributed by atoms with Crippen LogP contribution in [0.2, 0.25) is 5.02 Å². The zero-order valence-electron chi connectivity index (χ0n) is 16.0. The van der Waals surface area contributed by atoms with Crippen molar-refractivity contribution in [1.29, 1.82) is 0 Å². The zero-order chi connectivity index (χ0) is 21.3. The normalized spacial score (nSPS) is 16.9. The summed E-state index contributed by atoms with van der Waals surface area (Å²) in [6.07, 6.45) is 3.28. The van der Waals surface area contributed by atoms with Gasteiger partial charge < -0.3 is 10.4 Å². The summed E-state index contributed by atoms with van der Waals surface area (Å²) in [5.74, 6) is -1.49. The minimum Gasteiger partial charge on any atom is -0.395 e. The fraction of sp³-hybridized carbons (Fsp3) is 0.238. The zero-order valence-corrected chi connectivity index (χ0v) is 17.5. The number of fused-ring (bicyclic) bond motifs is 2. The Morgan fingerprint density at radius 1 is 1.23 bits per heavy atom. The van der Waals surface area contributed by atoms with Gasteiger partial charge in [-0.25, -0.2) is 8.42 Å². The van der Waals surface area contributed by atoms with Crippen LogP contribution < -0.4 is 5.32 Å². The molecule has 156 valence electrons. The van der Waals surface area contributed by atoms with E-state index in [0.717, 1.165) is 10.8 Å². The summed E-state index contributed by atoms with van der Waals surface area (Å²) in [6.45, 7) is -0.376. The fourth-order valence-corrected chi connectivity index (χ4v) is 5.09. The van der Waals surface area contributed by atoms with Gasteiger partial charge >= 0.3 is 0 Å². The SMILES string of the molecule is O=C(Nc1cncc2ccccc12)C1CN(S(=O)(=O)CCO)Cc2ccc(Cl)cc21. The van der Waals surface area contributed by atoms with Gasteiger partial charge in [0.2, 0.25) is 15.9 Å². The van der Waals surface area contributed by atoms with Crippen LogP contribution in [0.15, 0.2) is 54.9 Å². The first-order chi connectivity index (χ1) is 14.4. The molecule has 1 atom stereocenters. The second kappa shape index (κ2) is 8.31. The standard InChI is InChI=1S/C21H20ClN3O4S/c22-16-6-5-15-12-25(30(28,29)8-7-26)13-19(18(15)9-16)21(27)24-20-11-23-10-14-3-1-2-4-17(14)20/h1-6,9-11,19,26H,7-8,12-13H2,(H,24,27). The van der Waals surface area contributed by atoms with E-state index in [0.29, 0.717) is 21.8 Å². The minimum absolute atomic E-state index is 0.0281. The number of aliphatic hydroxyl groups excluding tert-OH is 1. The van der Waals surface area contributed by atoms with E-state index in [2.05, 4.69) is 10.3 Å². The smallest absolute Gasteiger partial charge is 0.233 e. The Hall–Kier alpha value is -2.52. The molecule has 0 spiro atoms. The lowest BCUT2D eigenvalue weighted by atomic mass is 9.90. The summed E-state index contributed by atoms with van der Waals surface area (Å²) in [4.78, 5) is 17.4. The molecule has 30 heavy (non-hydrogen) atoms. The van der Waals surface area contributed by atoms with Gasteiger partial charge in [0.05, 0.1) is 30.2 Å². The van der Waals surface area contributed by atoms with Gasteiger partial charge in [-0.3, -0.25) is 9.78 Å². The Bertz CT molecular complexity index is 1210. The Morgan fingerprint density at radius 2 is 2.03 bits per heavy atom. The van der Waals surface area contributed by atoms with Crippen molar-refractivity contribution in [2.24, 2.45) is 0 Å². The van der Waals surface area contributed by atoms with Crippen LogP contribution in [0.1, 0.15) is 17.0 Å². The third kappa shape index (κ3) is 4.04. The van der Waals surface area contributed by atoms with E-state index in [4.69, 9.17) is 16.7 Å². The lowest BCUT2D eigenvalue weighted by Crippen LogP contribution is -2.43. The predicted octanol–water partition coefficient (Wildman–Crippen LogP) is 2.75. The number of aromatic nitrogens is 1. The summed E-state index contributed by atoms with van der Waals surface area (Å²) < 4.78 is 26.4. The number of halogens is 1. The van der Waals surface area contributed by atoms with Gasteiger partial charge in [-0.2, -0.15) is 4.31 Å². The van der Waals surface area contributed by atoms with Crippen molar-refractivity contribution in [1.82, 2.24) is 9.29 Å². The van der Waals surface area contributed by atoms with Crippen LogP contribution in [-0.4, -0.2) is 47.6 Å². The Balaban J connectivity index is 1.70. The predicted molar refractivity (Wildman–Crippen MR) is 116 cm³/mol. The molecule has 2 N–H and O–H groups in total. The third-order valence-electron chi connectivity index (χ3n) is 5.20. The van der Waals surface area contributed by atoms with Gasteiger partial charge in [-0.1, -0.05) is 41.9 Å². The number of nitrogens with zero attached hydrogens (tertiary/aromatic N) is 2. The lowest BCUT2D eigenvalue weighted by molar-refractivity contribution is -0.118. The Kier molecular flexibility index (Phi) is 5.75. The van der Waals surface area contributed by atoms with E-state index in [1.165, 1.54) is 4.31 Å². The van der Waals surface area contributed by atoms with Crippen LogP contribution in [0.25, 0.3) is 10.8 Å². The quantitative estimate of drug-likeness (QED) is 0.629. The molecule has 3 aromatic rings. The number of sulfonamides is 1. The van der Waals surface area contributed by atoms with Gasteiger partial charge in [0.25, 0.3) is 0 Å². The van der Waals surface area contributed by atoms with E-state index in [1.807, 2.05) is 24.3 Å². The molecule has 0 aliphatic carbocycles. The van der Waals surface area contributed by atoms with Gasteiger partial charge in [-0.15, -0.1) is 0 Å². The Labute approximate surface area is 179 Å². The van der Waals surface area contributed by atoms with E-state index in [9.17, 15) is 13.2 Å². The molecule has 0 radical (unpaired) electrons. The third-order valence-corrected chi connectivity index (χ3v) is 7.20. The number of hydrogen-bond donors (Lipinski definition) is 2. The highest BCUT2D eigenvalue weighted by Gasteiger charge is 2.36. The highest BCUT2D eigenvalue weighted by Crippen LogP contribution is 2.33. The fourth-order valence-electron chi connectivity index (χ4n) is 3.71. The van der Waals surface area contributed by atoms with Crippen LogP contribution in [0.4, 0.5) is 5.69 Å². The Morgan fingerprint density at radius 3 is 2.83 bits per heavy atom. The number of rotatable bonds is 5. The van der Waals surface area contributed by atoms with Gasteiger partial charge in [0, 0.05) is 35.1 Å². The van der Waals surface area contributed by atoms with Gasteiger partial charge in [0.1, 0.15) is 0 Å². The van der Waals surface area contributed by atoms with Crippen LogP contribution >= 0.6 is 11.6 Å². The topological polar surface area (TPSA) is 99.6 Å². The number of amides is 1. The van der Waals surface area contributed by atoms with Crippen molar-refractivity contribution in [3.8, 4) is 0 Å². The lowest BCUT2D eigenvalue weighted by Gasteiger charge is -2.33. The number of aliphatic hydroxyl groups is 1. The molecular weight excluding hydrogens is 426 g/mol. The molecule has 0 fully saturated rings. The van der Waals surface area contributed by atoms with Crippen LogP contribution in [0, 0.1) is 0 Å². The summed E-state index contributed by atoms with van der Waals surface area (Å²) in [5, 5.41) is 14.2. The first-order valence-corrected chi connectivity index (χ1v) is 11.4. The van der Waals surface area contributed by atoms with Crippen LogP contribution in [-0.2, 0) is 21.4 Å². The maximum absolute atomic E-state index is 13.3. The molecule has 1 aliphatic rings. The molecule has 1 amide bonds. The molecule has 9 heteroatoms. The number of pyridine rings is 1. The molecule has 2 heterocycles. The van der Waals surface area contributed by atoms with Crippen molar-refractivity contribution < 1.29 is 18.3 Å². The molecule has 0 saturated heterocycles. The van der Waals surface area contributed by atoms with E-state index in [1.54, 1.807) is 30.6 Å². The van der Waals surface area contributed by atoms with Crippen LogP contribution in [0.5, 0.6) is 0 Å². The molecule has 1 aliphatic heterocycles. The maximum Gasteiger partial charge on any atom is 0.233 e. The summed E-state index contributed by atoms with van der Waals surface area (Å²) in [6, 6.07) is 12.7. The van der Waals surface area contributed by atoms with E-state index >= 15 is 0 Å².